The second kappa shape index (κ2) is 6.91. The van der Waals surface area contributed by atoms with Crippen LogP contribution in [-0.4, -0.2) is 53.4 Å². The van der Waals surface area contributed by atoms with Gasteiger partial charge < -0.3 is 10.1 Å². The highest BCUT2D eigenvalue weighted by Crippen LogP contribution is 2.31. The van der Waals surface area contributed by atoms with Crippen LogP contribution in [0.25, 0.3) is 0 Å². The zero-order valence-corrected chi connectivity index (χ0v) is 15.7. The number of amides is 2. The molecule has 144 valence electrons. The summed E-state index contributed by atoms with van der Waals surface area (Å²) in [4.78, 5) is 28.6. The van der Waals surface area contributed by atoms with Gasteiger partial charge in [-0.15, -0.1) is 0 Å². The number of halogens is 1. The molecule has 1 atom stereocenters. The molecule has 0 radical (unpaired) electrons. The van der Waals surface area contributed by atoms with Gasteiger partial charge in [0, 0.05) is 13.1 Å². The Bertz CT molecular complexity index is 988. The topological polar surface area (TPSA) is 82.4 Å². The zero-order chi connectivity index (χ0) is 19.8. The number of methoxy groups -OCH3 is 1. The smallest absolute Gasteiger partial charge is 0.353 e. The Morgan fingerprint density at radius 3 is 2.64 bits per heavy atom. The highest BCUT2D eigenvalue weighted by atomic mass is 19.1. The number of aryl methyl sites for hydroxylation is 1. The lowest BCUT2D eigenvalue weighted by Gasteiger charge is -2.35. The van der Waals surface area contributed by atoms with E-state index in [1.165, 1.54) is 17.0 Å². The number of hydrogen-bond donors (Lipinski definition) is 1. The molecule has 0 spiro atoms. The molecule has 2 amide bonds. The number of aliphatic imine (C=N–C) groups is 2. The average Bonchev–Trinajstić information content (AvgIpc) is 3.13. The third-order valence-corrected chi connectivity index (χ3v) is 4.72. The quantitative estimate of drug-likeness (QED) is 0.883. The molecule has 2 aliphatic heterocycles. The van der Waals surface area contributed by atoms with E-state index >= 15 is 0 Å². The maximum absolute atomic E-state index is 13.3. The number of nitrogens with one attached hydrogen (secondary N) is 1. The van der Waals surface area contributed by atoms with E-state index in [0.29, 0.717) is 35.7 Å². The van der Waals surface area contributed by atoms with E-state index in [1.807, 2.05) is 17.9 Å². The molecule has 1 aromatic carbocycles. The summed E-state index contributed by atoms with van der Waals surface area (Å²) >= 11 is 0. The van der Waals surface area contributed by atoms with Gasteiger partial charge in [-0.05, 0) is 30.7 Å². The van der Waals surface area contributed by atoms with E-state index < -0.39 is 6.03 Å². The number of fused-ring (bicyclic) bond motifs is 1. The van der Waals surface area contributed by atoms with Crippen molar-refractivity contribution in [1.29, 1.82) is 0 Å². The number of carbonyl (C=O) groups excluding carboxylic acids is 1. The molecule has 0 bridgehead atoms. The maximum Gasteiger partial charge on any atom is 0.353 e. The minimum Gasteiger partial charge on any atom is -0.481 e. The van der Waals surface area contributed by atoms with Gasteiger partial charge in [-0.2, -0.15) is 4.99 Å². The Morgan fingerprint density at radius 2 is 1.96 bits per heavy atom. The maximum atomic E-state index is 13.3. The highest BCUT2D eigenvalue weighted by Gasteiger charge is 2.40. The molecule has 2 aromatic rings. The number of ether oxygens (including phenoxy) is 1. The molecule has 0 saturated heterocycles. The number of benzene rings is 1. The lowest BCUT2D eigenvalue weighted by atomic mass is 10.1. The van der Waals surface area contributed by atoms with Gasteiger partial charge in [-0.3, -0.25) is 9.80 Å². The van der Waals surface area contributed by atoms with E-state index in [-0.39, 0.29) is 11.9 Å². The molecule has 28 heavy (non-hydrogen) atoms. The Hall–Kier alpha value is -3.49. The fourth-order valence-corrected chi connectivity index (χ4v) is 3.21. The van der Waals surface area contributed by atoms with Crippen LogP contribution in [0.3, 0.4) is 0 Å². The lowest BCUT2D eigenvalue weighted by Crippen LogP contribution is -2.53. The first kappa shape index (κ1) is 17.9. The Kier molecular flexibility index (Phi) is 4.42. The fourth-order valence-electron chi connectivity index (χ4n) is 3.21. The number of nitrogens with zero attached hydrogens (tertiary/aromatic N) is 5. The summed E-state index contributed by atoms with van der Waals surface area (Å²) in [6.45, 7) is 2.26. The monoisotopic (exact) mass is 382 g/mol. The summed E-state index contributed by atoms with van der Waals surface area (Å²) in [7, 11) is 3.18. The summed E-state index contributed by atoms with van der Waals surface area (Å²) in [5.74, 6) is 1.04. The summed E-state index contributed by atoms with van der Waals surface area (Å²) in [5, 5.41) is 3.19. The van der Waals surface area contributed by atoms with Gasteiger partial charge in [0.05, 0.1) is 31.1 Å². The molecule has 0 saturated carbocycles. The molecule has 3 heterocycles. The number of pyridine rings is 1. The van der Waals surface area contributed by atoms with Crippen LogP contribution in [0.1, 0.15) is 17.3 Å². The lowest BCUT2D eigenvalue weighted by molar-refractivity contribution is 0.230. The van der Waals surface area contributed by atoms with Crippen LogP contribution in [0.5, 0.6) is 5.88 Å². The van der Waals surface area contributed by atoms with Crippen molar-refractivity contribution in [2.24, 2.45) is 9.98 Å². The minimum atomic E-state index is -0.420. The Labute approximate surface area is 161 Å². The van der Waals surface area contributed by atoms with E-state index in [9.17, 15) is 9.18 Å². The highest BCUT2D eigenvalue weighted by molar-refractivity contribution is 6.17. The molecule has 1 N–H and O–H groups in total. The van der Waals surface area contributed by atoms with E-state index in [4.69, 9.17) is 4.74 Å². The van der Waals surface area contributed by atoms with Crippen LogP contribution in [0.4, 0.5) is 14.9 Å². The van der Waals surface area contributed by atoms with Crippen LogP contribution in [0, 0.1) is 12.7 Å². The number of carbonyl (C=O) groups is 1. The van der Waals surface area contributed by atoms with E-state index in [1.54, 1.807) is 32.4 Å². The summed E-state index contributed by atoms with van der Waals surface area (Å²) < 4.78 is 18.5. The SMILES string of the molecule is COc1ccc(NC2=NC(=O)N(C)C3=NCC(c4ccc(F)cc4)N23)c(C)n1. The van der Waals surface area contributed by atoms with Gasteiger partial charge in [0.15, 0.2) is 0 Å². The summed E-state index contributed by atoms with van der Waals surface area (Å²) in [5.41, 5.74) is 2.27. The second-order valence-corrected chi connectivity index (χ2v) is 6.47. The standard InChI is InChI=1S/C19H19FN6O2/c1-11-14(8-9-16(22-11)28-3)23-17-24-19(27)25(2)18-21-10-15(26(17)18)12-4-6-13(20)7-5-12/h4-9,15H,10H2,1-3H3,(H,23,24,27). The van der Waals surface area contributed by atoms with Gasteiger partial charge in [0.25, 0.3) is 0 Å². The first-order valence-corrected chi connectivity index (χ1v) is 8.72. The van der Waals surface area contributed by atoms with Crippen molar-refractivity contribution in [3.05, 3.63) is 53.5 Å². The third-order valence-electron chi connectivity index (χ3n) is 4.72. The van der Waals surface area contributed by atoms with Crippen molar-refractivity contribution in [2.45, 2.75) is 13.0 Å². The molecule has 4 rings (SSSR count). The van der Waals surface area contributed by atoms with Gasteiger partial charge in [0.2, 0.25) is 17.8 Å². The van der Waals surface area contributed by atoms with Gasteiger partial charge in [0.1, 0.15) is 5.82 Å². The van der Waals surface area contributed by atoms with Crippen LogP contribution >= 0.6 is 0 Å². The normalized spacial score (nSPS) is 18.6. The molecule has 2 aliphatic rings. The number of rotatable bonds is 3. The predicted molar refractivity (Wildman–Crippen MR) is 103 cm³/mol. The molecular weight excluding hydrogens is 363 g/mol. The molecule has 0 fully saturated rings. The van der Waals surface area contributed by atoms with Gasteiger partial charge in [-0.1, -0.05) is 12.1 Å². The predicted octanol–water partition coefficient (Wildman–Crippen LogP) is 2.78. The Balaban J connectivity index is 1.70. The van der Waals surface area contributed by atoms with Crippen LogP contribution in [0.15, 0.2) is 46.4 Å². The van der Waals surface area contributed by atoms with Crippen molar-refractivity contribution in [3.63, 3.8) is 0 Å². The van der Waals surface area contributed by atoms with E-state index in [0.717, 1.165) is 5.56 Å². The third kappa shape index (κ3) is 3.04. The number of guanidine groups is 2. The van der Waals surface area contributed by atoms with Crippen molar-refractivity contribution in [1.82, 2.24) is 14.8 Å². The summed E-state index contributed by atoms with van der Waals surface area (Å²) in [6, 6.07) is 9.16. The fraction of sp³-hybridized carbons (Fsp3) is 0.263. The van der Waals surface area contributed by atoms with E-state index in [2.05, 4.69) is 20.3 Å². The molecular formula is C19H19FN6O2. The second-order valence-electron chi connectivity index (χ2n) is 6.47. The molecule has 1 aromatic heterocycles. The molecule has 0 aliphatic carbocycles. The van der Waals surface area contributed by atoms with Crippen LogP contribution < -0.4 is 10.1 Å². The minimum absolute atomic E-state index is 0.205. The van der Waals surface area contributed by atoms with Gasteiger partial charge in [-0.25, -0.2) is 19.2 Å². The number of anilines is 1. The zero-order valence-electron chi connectivity index (χ0n) is 15.7. The summed E-state index contributed by atoms with van der Waals surface area (Å²) in [6.07, 6.45) is 0. The van der Waals surface area contributed by atoms with Crippen molar-refractivity contribution >= 4 is 23.6 Å². The molecule has 8 nitrogen and oxygen atoms in total. The Morgan fingerprint density at radius 1 is 1.21 bits per heavy atom. The van der Waals surface area contributed by atoms with Gasteiger partial charge >= 0.3 is 6.03 Å². The number of urea groups is 1. The molecule has 9 heteroatoms. The van der Waals surface area contributed by atoms with Crippen molar-refractivity contribution in [3.8, 4) is 5.88 Å². The van der Waals surface area contributed by atoms with Crippen molar-refractivity contribution < 1.29 is 13.9 Å². The van der Waals surface area contributed by atoms with Crippen LogP contribution in [-0.2, 0) is 0 Å². The van der Waals surface area contributed by atoms with Crippen LogP contribution in [0.2, 0.25) is 0 Å². The first-order chi connectivity index (χ1) is 13.5. The average molecular weight is 382 g/mol. The first-order valence-electron chi connectivity index (χ1n) is 8.72. The number of aromatic nitrogens is 1. The largest absolute Gasteiger partial charge is 0.481 e. The number of hydrogen-bond acceptors (Lipinski definition) is 6. The molecule has 1 unspecified atom stereocenters. The van der Waals surface area contributed by atoms with Crippen molar-refractivity contribution in [2.75, 3.05) is 26.0 Å².